The summed E-state index contributed by atoms with van der Waals surface area (Å²) in [6, 6.07) is 0. The van der Waals surface area contributed by atoms with E-state index in [-0.39, 0.29) is 18.4 Å². The first-order chi connectivity index (χ1) is 9.63. The number of amidine groups is 1. The van der Waals surface area contributed by atoms with Gasteiger partial charge in [-0.15, -0.1) is 0 Å². The number of nitrogens with one attached hydrogen (secondary N) is 2. The average molecular weight is 320 g/mol. The SMILES string of the molecule is CNS(=O)(=O)CCNC1=NCCN(C(=O)OC(C)(C)C)C1. The summed E-state index contributed by atoms with van der Waals surface area (Å²) in [6.45, 7) is 6.94. The average Bonchev–Trinajstić information content (AvgIpc) is 2.37. The van der Waals surface area contributed by atoms with Crippen LogP contribution in [0.3, 0.4) is 0 Å². The second-order valence-corrected chi connectivity index (χ2v) is 7.73. The third-order valence-electron chi connectivity index (χ3n) is 2.68. The molecular weight excluding hydrogens is 296 g/mol. The molecule has 9 heteroatoms. The van der Waals surface area contributed by atoms with Crippen molar-refractivity contribution >= 4 is 22.0 Å². The number of carbonyl (C=O) groups excluding carboxylic acids is 1. The van der Waals surface area contributed by atoms with Crippen LogP contribution in [0.5, 0.6) is 0 Å². The van der Waals surface area contributed by atoms with E-state index in [0.717, 1.165) is 0 Å². The summed E-state index contributed by atoms with van der Waals surface area (Å²) in [7, 11) is -1.87. The van der Waals surface area contributed by atoms with Gasteiger partial charge < -0.3 is 10.1 Å². The Kier molecular flexibility index (Phi) is 5.97. The largest absolute Gasteiger partial charge is 0.444 e. The van der Waals surface area contributed by atoms with Crippen molar-refractivity contribution in [3.8, 4) is 0 Å². The zero-order chi connectivity index (χ0) is 16.1. The minimum Gasteiger partial charge on any atom is -0.444 e. The van der Waals surface area contributed by atoms with E-state index in [1.165, 1.54) is 7.05 Å². The van der Waals surface area contributed by atoms with Crippen LogP contribution >= 0.6 is 0 Å². The van der Waals surface area contributed by atoms with Gasteiger partial charge in [0.15, 0.2) is 0 Å². The molecule has 0 aliphatic carbocycles. The molecule has 0 saturated heterocycles. The van der Waals surface area contributed by atoms with Crippen LogP contribution in [0.25, 0.3) is 0 Å². The van der Waals surface area contributed by atoms with Crippen LogP contribution in [0.2, 0.25) is 0 Å². The maximum Gasteiger partial charge on any atom is 0.410 e. The van der Waals surface area contributed by atoms with E-state index in [2.05, 4.69) is 15.0 Å². The van der Waals surface area contributed by atoms with Crippen molar-refractivity contribution in [2.75, 3.05) is 39.0 Å². The molecule has 1 rings (SSSR count). The number of amides is 1. The van der Waals surface area contributed by atoms with Gasteiger partial charge in [-0.2, -0.15) is 0 Å². The van der Waals surface area contributed by atoms with Crippen LogP contribution in [0, 0.1) is 0 Å². The first kappa shape index (κ1) is 17.7. The van der Waals surface area contributed by atoms with E-state index in [0.29, 0.717) is 25.5 Å². The highest BCUT2D eigenvalue weighted by Gasteiger charge is 2.24. The quantitative estimate of drug-likeness (QED) is 0.745. The monoisotopic (exact) mass is 320 g/mol. The molecule has 0 aromatic heterocycles. The van der Waals surface area contributed by atoms with Crippen LogP contribution in [0.15, 0.2) is 4.99 Å². The number of nitrogens with zero attached hydrogens (tertiary/aromatic N) is 2. The van der Waals surface area contributed by atoms with Crippen molar-refractivity contribution in [1.82, 2.24) is 14.9 Å². The summed E-state index contributed by atoms with van der Waals surface area (Å²) in [5.41, 5.74) is -0.542. The summed E-state index contributed by atoms with van der Waals surface area (Å²) in [5, 5.41) is 2.94. The molecule has 2 N–H and O–H groups in total. The zero-order valence-electron chi connectivity index (χ0n) is 13.0. The predicted molar refractivity (Wildman–Crippen MR) is 81.0 cm³/mol. The second-order valence-electron chi connectivity index (χ2n) is 5.68. The Bertz CT molecular complexity index is 496. The number of ether oxygens (including phenoxy) is 1. The van der Waals surface area contributed by atoms with Crippen LogP contribution in [-0.4, -0.2) is 69.8 Å². The number of aliphatic imine (C=N–C) groups is 1. The Balaban J connectivity index is 2.45. The van der Waals surface area contributed by atoms with E-state index in [1.54, 1.807) is 4.90 Å². The Morgan fingerprint density at radius 3 is 2.67 bits per heavy atom. The van der Waals surface area contributed by atoms with Crippen molar-refractivity contribution in [2.45, 2.75) is 26.4 Å². The lowest BCUT2D eigenvalue weighted by atomic mass is 10.2. The van der Waals surface area contributed by atoms with Gasteiger partial charge in [0.1, 0.15) is 11.4 Å². The summed E-state index contributed by atoms with van der Waals surface area (Å²) < 4.78 is 30.1. The highest BCUT2D eigenvalue weighted by molar-refractivity contribution is 7.89. The van der Waals surface area contributed by atoms with Gasteiger partial charge >= 0.3 is 6.09 Å². The van der Waals surface area contributed by atoms with Crippen molar-refractivity contribution in [3.63, 3.8) is 0 Å². The first-order valence-electron chi connectivity index (χ1n) is 6.79. The van der Waals surface area contributed by atoms with Crippen molar-refractivity contribution < 1.29 is 17.9 Å². The standard InChI is InChI=1S/C12H24N4O4S/c1-12(2,3)20-11(17)16-7-5-14-10(9-16)15-6-8-21(18,19)13-4/h13H,5-9H2,1-4H3,(H,14,15). The van der Waals surface area contributed by atoms with Crippen LogP contribution in [0.4, 0.5) is 4.79 Å². The molecular formula is C12H24N4O4S. The maximum absolute atomic E-state index is 12.0. The minimum absolute atomic E-state index is 0.0467. The molecule has 1 aliphatic rings. The molecule has 0 aromatic carbocycles. The van der Waals surface area contributed by atoms with Crippen LogP contribution < -0.4 is 10.0 Å². The molecule has 1 aliphatic heterocycles. The number of rotatable bonds is 4. The van der Waals surface area contributed by atoms with E-state index in [9.17, 15) is 13.2 Å². The lowest BCUT2D eigenvalue weighted by Crippen LogP contribution is -2.48. The maximum atomic E-state index is 12.0. The Morgan fingerprint density at radius 1 is 1.43 bits per heavy atom. The highest BCUT2D eigenvalue weighted by atomic mass is 32.2. The fraction of sp³-hybridized carbons (Fsp3) is 0.833. The Morgan fingerprint density at radius 2 is 2.10 bits per heavy atom. The van der Waals surface area contributed by atoms with Crippen molar-refractivity contribution in [2.24, 2.45) is 4.99 Å². The molecule has 0 atom stereocenters. The Labute approximate surface area is 126 Å². The molecule has 0 aromatic rings. The fourth-order valence-corrected chi connectivity index (χ4v) is 2.22. The summed E-state index contributed by atoms with van der Waals surface area (Å²) >= 11 is 0. The number of sulfonamides is 1. The number of hydrogen-bond acceptors (Lipinski definition) is 6. The van der Waals surface area contributed by atoms with Gasteiger partial charge in [-0.05, 0) is 27.8 Å². The van der Waals surface area contributed by atoms with Crippen LogP contribution in [-0.2, 0) is 14.8 Å². The fourth-order valence-electron chi connectivity index (χ4n) is 1.64. The topological polar surface area (TPSA) is 100 Å². The summed E-state index contributed by atoms with van der Waals surface area (Å²) in [5.74, 6) is 0.549. The van der Waals surface area contributed by atoms with Gasteiger partial charge in [0.25, 0.3) is 0 Å². The van der Waals surface area contributed by atoms with Crippen molar-refractivity contribution in [1.29, 1.82) is 0 Å². The number of hydrogen-bond donors (Lipinski definition) is 2. The van der Waals surface area contributed by atoms with Gasteiger partial charge in [0.05, 0.1) is 18.8 Å². The summed E-state index contributed by atoms with van der Waals surface area (Å²) in [6.07, 6.45) is -0.389. The lowest BCUT2D eigenvalue weighted by Gasteiger charge is -2.29. The van der Waals surface area contributed by atoms with Gasteiger partial charge in [-0.1, -0.05) is 0 Å². The van der Waals surface area contributed by atoms with E-state index >= 15 is 0 Å². The van der Waals surface area contributed by atoms with Gasteiger partial charge in [-0.3, -0.25) is 9.89 Å². The molecule has 122 valence electrons. The molecule has 0 fully saturated rings. The van der Waals surface area contributed by atoms with E-state index in [1.807, 2.05) is 20.8 Å². The molecule has 0 unspecified atom stereocenters. The smallest absolute Gasteiger partial charge is 0.410 e. The normalized spacial score (nSPS) is 16.4. The lowest BCUT2D eigenvalue weighted by molar-refractivity contribution is 0.0276. The first-order valence-corrected chi connectivity index (χ1v) is 8.44. The minimum atomic E-state index is -3.25. The molecule has 21 heavy (non-hydrogen) atoms. The highest BCUT2D eigenvalue weighted by Crippen LogP contribution is 2.10. The third-order valence-corrected chi connectivity index (χ3v) is 4.04. The van der Waals surface area contributed by atoms with Gasteiger partial charge in [0, 0.05) is 13.1 Å². The molecule has 0 spiro atoms. The zero-order valence-corrected chi connectivity index (χ0v) is 13.8. The molecule has 0 saturated carbocycles. The molecule has 0 bridgehead atoms. The van der Waals surface area contributed by atoms with Gasteiger partial charge in [-0.25, -0.2) is 17.9 Å². The van der Waals surface area contributed by atoms with E-state index in [4.69, 9.17) is 4.74 Å². The summed E-state index contributed by atoms with van der Waals surface area (Å²) in [4.78, 5) is 17.7. The second kappa shape index (κ2) is 7.08. The molecule has 8 nitrogen and oxygen atoms in total. The molecule has 1 amide bonds. The van der Waals surface area contributed by atoms with Gasteiger partial charge in [0.2, 0.25) is 10.0 Å². The predicted octanol–water partition coefficient (Wildman–Crippen LogP) is -0.226. The van der Waals surface area contributed by atoms with E-state index < -0.39 is 15.6 Å². The number of carbonyl (C=O) groups is 1. The Hall–Kier alpha value is -1.35. The molecule has 0 radical (unpaired) electrons. The third kappa shape index (κ3) is 6.76. The molecule has 1 heterocycles. The van der Waals surface area contributed by atoms with Crippen molar-refractivity contribution in [3.05, 3.63) is 0 Å². The van der Waals surface area contributed by atoms with Crippen LogP contribution in [0.1, 0.15) is 20.8 Å².